The molecule has 3 nitrogen and oxygen atoms in total. The fraction of sp³-hybridized carbons (Fsp3) is 0.833. The van der Waals surface area contributed by atoms with Crippen LogP contribution in [0, 0.1) is 0 Å². The predicted octanol–water partition coefficient (Wildman–Crippen LogP) is 1.39. The van der Waals surface area contributed by atoms with Crippen molar-refractivity contribution in [2.45, 2.75) is 32.2 Å². The molecule has 15 heavy (non-hydrogen) atoms. The van der Waals surface area contributed by atoms with Crippen LogP contribution in [0.1, 0.15) is 26.2 Å². The lowest BCUT2D eigenvalue weighted by Crippen LogP contribution is -2.39. The third-order valence-electron chi connectivity index (χ3n) is 2.87. The number of hydrogen-bond acceptors (Lipinski definition) is 3. The molecule has 0 saturated carbocycles. The zero-order chi connectivity index (χ0) is 11.1. The molecule has 1 aliphatic heterocycles. The van der Waals surface area contributed by atoms with Crippen LogP contribution in [-0.4, -0.2) is 44.3 Å². The summed E-state index contributed by atoms with van der Waals surface area (Å²) >= 11 is 0. The number of nitrogens with zero attached hydrogens (tertiary/aromatic N) is 1. The van der Waals surface area contributed by atoms with Crippen molar-refractivity contribution in [2.75, 3.05) is 33.4 Å². The number of ether oxygens (including phenoxy) is 1. The van der Waals surface area contributed by atoms with E-state index in [-0.39, 0.29) is 0 Å². The van der Waals surface area contributed by atoms with E-state index in [1.807, 2.05) is 0 Å². The van der Waals surface area contributed by atoms with E-state index in [1.165, 1.54) is 12.0 Å². The molecule has 3 heteroatoms. The summed E-state index contributed by atoms with van der Waals surface area (Å²) in [6.45, 7) is 6.18. The SMILES string of the molecule is CCCC(N)CN1CC=C(COC)CC1. The largest absolute Gasteiger partial charge is 0.380 e. The maximum Gasteiger partial charge on any atom is 0.0673 e. The maximum atomic E-state index is 6.02. The normalized spacial score (nSPS) is 20.1. The van der Waals surface area contributed by atoms with Crippen LogP contribution in [0.4, 0.5) is 0 Å². The quantitative estimate of drug-likeness (QED) is 0.676. The summed E-state index contributed by atoms with van der Waals surface area (Å²) in [7, 11) is 1.75. The molecule has 2 N–H and O–H groups in total. The second-order valence-corrected chi connectivity index (χ2v) is 4.35. The maximum absolute atomic E-state index is 6.02. The summed E-state index contributed by atoms with van der Waals surface area (Å²) in [5.41, 5.74) is 7.45. The molecule has 0 fully saturated rings. The van der Waals surface area contributed by atoms with Crippen LogP contribution in [0.25, 0.3) is 0 Å². The van der Waals surface area contributed by atoms with Crippen molar-refractivity contribution < 1.29 is 4.74 Å². The van der Waals surface area contributed by atoms with Gasteiger partial charge in [-0.15, -0.1) is 0 Å². The van der Waals surface area contributed by atoms with Gasteiger partial charge in [0.2, 0.25) is 0 Å². The Labute approximate surface area is 93.3 Å². The first-order valence-corrected chi connectivity index (χ1v) is 5.91. The summed E-state index contributed by atoms with van der Waals surface area (Å²) < 4.78 is 5.12. The van der Waals surface area contributed by atoms with Gasteiger partial charge in [0.1, 0.15) is 0 Å². The average Bonchev–Trinajstić information content (AvgIpc) is 2.22. The fourth-order valence-corrected chi connectivity index (χ4v) is 2.03. The summed E-state index contributed by atoms with van der Waals surface area (Å²) in [4.78, 5) is 2.43. The molecule has 0 amide bonds. The van der Waals surface area contributed by atoms with Gasteiger partial charge in [-0.3, -0.25) is 4.90 Å². The minimum atomic E-state index is 0.340. The zero-order valence-corrected chi connectivity index (χ0v) is 10.0. The predicted molar refractivity (Wildman–Crippen MR) is 63.9 cm³/mol. The summed E-state index contributed by atoms with van der Waals surface area (Å²) in [6.07, 6.45) is 5.73. The van der Waals surface area contributed by atoms with Gasteiger partial charge in [-0.2, -0.15) is 0 Å². The van der Waals surface area contributed by atoms with Crippen molar-refractivity contribution in [2.24, 2.45) is 5.73 Å². The van der Waals surface area contributed by atoms with E-state index in [0.717, 1.165) is 39.1 Å². The molecule has 0 aliphatic carbocycles. The third-order valence-corrected chi connectivity index (χ3v) is 2.87. The highest BCUT2D eigenvalue weighted by Gasteiger charge is 2.13. The molecule has 0 spiro atoms. The highest BCUT2D eigenvalue weighted by molar-refractivity contribution is 5.07. The van der Waals surface area contributed by atoms with Crippen LogP contribution in [0.5, 0.6) is 0 Å². The lowest BCUT2D eigenvalue weighted by Gasteiger charge is -2.28. The summed E-state index contributed by atoms with van der Waals surface area (Å²) in [5, 5.41) is 0. The van der Waals surface area contributed by atoms with Gasteiger partial charge in [0, 0.05) is 32.8 Å². The molecular formula is C12H24N2O. The standard InChI is InChI=1S/C12H24N2O/c1-3-4-12(13)9-14-7-5-11(6-8-14)10-15-2/h5,12H,3-4,6-10,13H2,1-2H3. The van der Waals surface area contributed by atoms with E-state index < -0.39 is 0 Å². The van der Waals surface area contributed by atoms with Crippen molar-refractivity contribution in [1.29, 1.82) is 0 Å². The van der Waals surface area contributed by atoms with Crippen molar-refractivity contribution in [1.82, 2.24) is 4.90 Å². The average molecular weight is 212 g/mol. The Hall–Kier alpha value is -0.380. The molecule has 0 bridgehead atoms. The number of methoxy groups -OCH3 is 1. The lowest BCUT2D eigenvalue weighted by atomic mass is 10.1. The molecular weight excluding hydrogens is 188 g/mol. The molecule has 88 valence electrons. The van der Waals surface area contributed by atoms with Crippen LogP contribution >= 0.6 is 0 Å². The minimum Gasteiger partial charge on any atom is -0.380 e. The molecule has 0 aromatic carbocycles. The molecule has 1 rings (SSSR count). The molecule has 1 atom stereocenters. The Kier molecular flexibility index (Phi) is 5.91. The van der Waals surface area contributed by atoms with Crippen LogP contribution in [0.15, 0.2) is 11.6 Å². The van der Waals surface area contributed by atoms with Crippen molar-refractivity contribution in [3.63, 3.8) is 0 Å². The topological polar surface area (TPSA) is 38.5 Å². The number of hydrogen-bond donors (Lipinski definition) is 1. The van der Waals surface area contributed by atoms with E-state index in [2.05, 4.69) is 17.9 Å². The molecule has 0 aromatic rings. The Morgan fingerprint density at radius 1 is 1.60 bits per heavy atom. The van der Waals surface area contributed by atoms with E-state index in [9.17, 15) is 0 Å². The molecule has 0 radical (unpaired) electrons. The van der Waals surface area contributed by atoms with Gasteiger partial charge < -0.3 is 10.5 Å². The molecule has 1 heterocycles. The van der Waals surface area contributed by atoms with Crippen molar-refractivity contribution in [3.8, 4) is 0 Å². The van der Waals surface area contributed by atoms with Crippen LogP contribution < -0.4 is 5.73 Å². The van der Waals surface area contributed by atoms with Crippen LogP contribution in [0.2, 0.25) is 0 Å². The minimum absolute atomic E-state index is 0.340. The zero-order valence-electron chi connectivity index (χ0n) is 10.0. The third kappa shape index (κ3) is 4.78. The summed E-state index contributed by atoms with van der Waals surface area (Å²) in [5.74, 6) is 0. The molecule has 1 unspecified atom stereocenters. The second-order valence-electron chi connectivity index (χ2n) is 4.35. The first kappa shape index (κ1) is 12.7. The second kappa shape index (κ2) is 6.99. The molecule has 0 aromatic heterocycles. The molecule has 1 aliphatic rings. The fourth-order valence-electron chi connectivity index (χ4n) is 2.03. The van der Waals surface area contributed by atoms with Crippen molar-refractivity contribution in [3.05, 3.63) is 11.6 Å². The van der Waals surface area contributed by atoms with Gasteiger partial charge in [0.15, 0.2) is 0 Å². The summed E-state index contributed by atoms with van der Waals surface area (Å²) in [6, 6.07) is 0.340. The van der Waals surface area contributed by atoms with E-state index in [0.29, 0.717) is 6.04 Å². The van der Waals surface area contributed by atoms with E-state index in [1.54, 1.807) is 7.11 Å². The van der Waals surface area contributed by atoms with Gasteiger partial charge in [0.25, 0.3) is 0 Å². The van der Waals surface area contributed by atoms with Gasteiger partial charge in [-0.05, 0) is 18.4 Å². The van der Waals surface area contributed by atoms with Crippen molar-refractivity contribution >= 4 is 0 Å². The van der Waals surface area contributed by atoms with Gasteiger partial charge in [-0.1, -0.05) is 19.4 Å². The van der Waals surface area contributed by atoms with Crippen LogP contribution in [-0.2, 0) is 4.74 Å². The van der Waals surface area contributed by atoms with Gasteiger partial charge in [-0.25, -0.2) is 0 Å². The Bertz CT molecular complexity index is 204. The Balaban J connectivity index is 2.24. The van der Waals surface area contributed by atoms with Gasteiger partial charge >= 0.3 is 0 Å². The monoisotopic (exact) mass is 212 g/mol. The number of rotatable bonds is 6. The first-order valence-electron chi connectivity index (χ1n) is 5.91. The van der Waals surface area contributed by atoms with Gasteiger partial charge in [0.05, 0.1) is 6.61 Å². The molecule has 0 saturated heterocycles. The number of nitrogens with two attached hydrogens (primary N) is 1. The Morgan fingerprint density at radius 2 is 2.40 bits per heavy atom. The Morgan fingerprint density at radius 3 is 2.93 bits per heavy atom. The highest BCUT2D eigenvalue weighted by atomic mass is 16.5. The smallest absolute Gasteiger partial charge is 0.0673 e. The van der Waals surface area contributed by atoms with E-state index >= 15 is 0 Å². The lowest BCUT2D eigenvalue weighted by molar-refractivity contribution is 0.209. The highest BCUT2D eigenvalue weighted by Crippen LogP contribution is 2.11. The van der Waals surface area contributed by atoms with E-state index in [4.69, 9.17) is 10.5 Å². The van der Waals surface area contributed by atoms with Crippen LogP contribution in [0.3, 0.4) is 0 Å². The first-order chi connectivity index (χ1) is 7.26.